The van der Waals surface area contributed by atoms with Gasteiger partial charge in [-0.05, 0) is 44.0 Å². The van der Waals surface area contributed by atoms with Gasteiger partial charge in [-0.25, -0.2) is 13.1 Å². The van der Waals surface area contributed by atoms with Gasteiger partial charge in [-0.15, -0.1) is 0 Å². The molecule has 1 aromatic rings. The predicted molar refractivity (Wildman–Crippen MR) is 94.0 cm³/mol. The van der Waals surface area contributed by atoms with Crippen molar-refractivity contribution in [1.29, 1.82) is 0 Å². The highest BCUT2D eigenvalue weighted by Gasteiger charge is 2.25. The van der Waals surface area contributed by atoms with Crippen LogP contribution >= 0.6 is 0 Å². The zero-order valence-electron chi connectivity index (χ0n) is 14.4. The molecule has 2 aliphatic rings. The number of piperazine rings is 1. The topological polar surface area (TPSA) is 87.7 Å². The van der Waals surface area contributed by atoms with Crippen LogP contribution in [0.2, 0.25) is 0 Å². The summed E-state index contributed by atoms with van der Waals surface area (Å²) in [6.07, 6.45) is 1.79. The van der Waals surface area contributed by atoms with E-state index in [1.54, 1.807) is 12.1 Å². The molecule has 1 aromatic carbocycles. The molecule has 0 spiro atoms. The third-order valence-corrected chi connectivity index (χ3v) is 6.14. The molecule has 2 saturated heterocycles. The van der Waals surface area contributed by atoms with E-state index >= 15 is 0 Å². The largest absolute Gasteiger partial charge is 0.377 e. The summed E-state index contributed by atoms with van der Waals surface area (Å²) in [6, 6.07) is 6.25. The lowest BCUT2D eigenvalue weighted by Crippen LogP contribution is -2.52. The number of hydrogen-bond acceptors (Lipinski definition) is 5. The van der Waals surface area contributed by atoms with E-state index in [9.17, 15) is 13.2 Å². The van der Waals surface area contributed by atoms with E-state index in [-0.39, 0.29) is 29.5 Å². The maximum absolute atomic E-state index is 12.6. The van der Waals surface area contributed by atoms with E-state index in [0.29, 0.717) is 18.7 Å². The third kappa shape index (κ3) is 4.38. The van der Waals surface area contributed by atoms with Gasteiger partial charge in [0.05, 0.1) is 11.0 Å². The van der Waals surface area contributed by atoms with Crippen LogP contribution in [0.1, 0.15) is 30.1 Å². The van der Waals surface area contributed by atoms with Crippen molar-refractivity contribution < 1.29 is 17.9 Å². The van der Waals surface area contributed by atoms with Gasteiger partial charge in [-0.1, -0.05) is 0 Å². The van der Waals surface area contributed by atoms with Crippen molar-refractivity contribution in [3.63, 3.8) is 0 Å². The summed E-state index contributed by atoms with van der Waals surface area (Å²) in [6.45, 7) is 5.16. The van der Waals surface area contributed by atoms with Crippen molar-refractivity contribution in [2.24, 2.45) is 0 Å². The molecule has 138 valence electrons. The molecule has 2 heterocycles. The molecule has 0 aliphatic carbocycles. The van der Waals surface area contributed by atoms with E-state index < -0.39 is 10.0 Å². The Morgan fingerprint density at radius 3 is 2.76 bits per heavy atom. The fourth-order valence-corrected chi connectivity index (χ4v) is 4.24. The lowest BCUT2D eigenvalue weighted by atomic mass is 10.1. The average molecular weight is 367 g/mol. The molecule has 7 nitrogen and oxygen atoms in total. The summed E-state index contributed by atoms with van der Waals surface area (Å²) >= 11 is 0. The molecule has 0 aromatic heterocycles. The number of benzene rings is 1. The number of ether oxygens (including phenoxy) is 1. The van der Waals surface area contributed by atoms with Crippen LogP contribution in [0, 0.1) is 0 Å². The molecule has 3 rings (SSSR count). The number of nitrogens with one attached hydrogen (secondary N) is 2. The summed E-state index contributed by atoms with van der Waals surface area (Å²) in [5.41, 5.74) is 0.506. The van der Waals surface area contributed by atoms with E-state index in [2.05, 4.69) is 10.0 Å². The normalized spacial score (nSPS) is 24.4. The fourth-order valence-electron chi connectivity index (χ4n) is 3.18. The molecule has 1 unspecified atom stereocenters. The van der Waals surface area contributed by atoms with Crippen molar-refractivity contribution >= 4 is 15.9 Å². The van der Waals surface area contributed by atoms with Crippen LogP contribution in [0.4, 0.5) is 0 Å². The highest BCUT2D eigenvalue weighted by Crippen LogP contribution is 2.16. The van der Waals surface area contributed by atoms with E-state index in [1.165, 1.54) is 12.1 Å². The maximum Gasteiger partial charge on any atom is 0.254 e. The molecule has 2 atom stereocenters. The van der Waals surface area contributed by atoms with Gasteiger partial charge >= 0.3 is 0 Å². The monoisotopic (exact) mass is 367 g/mol. The van der Waals surface area contributed by atoms with Gasteiger partial charge in [0.1, 0.15) is 0 Å². The second-order valence-electron chi connectivity index (χ2n) is 6.56. The van der Waals surface area contributed by atoms with Gasteiger partial charge in [0.15, 0.2) is 0 Å². The first-order valence-corrected chi connectivity index (χ1v) is 10.2. The zero-order chi connectivity index (χ0) is 17.9. The van der Waals surface area contributed by atoms with Crippen molar-refractivity contribution in [1.82, 2.24) is 14.9 Å². The Kier molecular flexibility index (Phi) is 5.73. The number of rotatable bonds is 5. The molecular weight excluding hydrogens is 342 g/mol. The minimum atomic E-state index is -3.59. The minimum Gasteiger partial charge on any atom is -0.377 e. The standard InChI is InChI=1S/C17H25N3O4S/c1-13-11-18-8-9-20(13)17(21)14-4-6-16(7-5-14)25(22,23)19-12-15-3-2-10-24-15/h4-7,13,15,18-19H,2-3,8-12H2,1H3/t13-,15?/m0/s1. The summed E-state index contributed by atoms with van der Waals surface area (Å²) in [7, 11) is -3.59. The first-order valence-electron chi connectivity index (χ1n) is 8.70. The number of hydrogen-bond donors (Lipinski definition) is 2. The van der Waals surface area contributed by atoms with Gasteiger partial charge < -0.3 is 15.0 Å². The Balaban J connectivity index is 1.65. The molecule has 2 N–H and O–H groups in total. The predicted octanol–water partition coefficient (Wildman–Crippen LogP) is 0.578. The number of sulfonamides is 1. The molecule has 2 fully saturated rings. The van der Waals surface area contributed by atoms with Crippen LogP contribution < -0.4 is 10.0 Å². The summed E-state index contributed by atoms with van der Waals surface area (Å²) in [4.78, 5) is 14.6. The van der Waals surface area contributed by atoms with E-state index in [1.807, 2.05) is 11.8 Å². The van der Waals surface area contributed by atoms with Gasteiger partial charge in [0, 0.05) is 44.4 Å². The molecule has 0 radical (unpaired) electrons. The van der Waals surface area contributed by atoms with Crippen LogP contribution in [0.5, 0.6) is 0 Å². The van der Waals surface area contributed by atoms with Crippen molar-refractivity contribution in [3.8, 4) is 0 Å². The summed E-state index contributed by atoms with van der Waals surface area (Å²) in [5.74, 6) is -0.0646. The Morgan fingerprint density at radius 1 is 1.36 bits per heavy atom. The number of amides is 1. The Bertz CT molecular complexity index is 699. The first kappa shape index (κ1) is 18.3. The molecule has 1 amide bonds. The number of nitrogens with zero attached hydrogens (tertiary/aromatic N) is 1. The second-order valence-corrected chi connectivity index (χ2v) is 8.33. The fraction of sp³-hybridized carbons (Fsp3) is 0.588. The Morgan fingerprint density at radius 2 is 2.12 bits per heavy atom. The maximum atomic E-state index is 12.6. The summed E-state index contributed by atoms with van der Waals surface area (Å²) in [5, 5.41) is 3.25. The van der Waals surface area contributed by atoms with Crippen LogP contribution in [0.3, 0.4) is 0 Å². The smallest absolute Gasteiger partial charge is 0.254 e. The summed E-state index contributed by atoms with van der Waals surface area (Å²) < 4.78 is 32.7. The molecule has 8 heteroatoms. The third-order valence-electron chi connectivity index (χ3n) is 4.70. The van der Waals surface area contributed by atoms with E-state index in [0.717, 1.165) is 25.9 Å². The average Bonchev–Trinajstić information content (AvgIpc) is 3.14. The van der Waals surface area contributed by atoms with E-state index in [4.69, 9.17) is 4.74 Å². The number of carbonyl (C=O) groups is 1. The highest BCUT2D eigenvalue weighted by molar-refractivity contribution is 7.89. The Labute approximate surface area is 148 Å². The lowest BCUT2D eigenvalue weighted by Gasteiger charge is -2.34. The van der Waals surface area contributed by atoms with Crippen molar-refractivity contribution in [2.45, 2.75) is 36.8 Å². The van der Waals surface area contributed by atoms with Crippen molar-refractivity contribution in [3.05, 3.63) is 29.8 Å². The quantitative estimate of drug-likeness (QED) is 0.795. The Hall–Kier alpha value is -1.48. The molecule has 2 aliphatic heterocycles. The zero-order valence-corrected chi connectivity index (χ0v) is 15.2. The van der Waals surface area contributed by atoms with Gasteiger partial charge in [-0.3, -0.25) is 4.79 Å². The minimum absolute atomic E-state index is 0.0511. The van der Waals surface area contributed by atoms with Crippen LogP contribution in [0.15, 0.2) is 29.2 Å². The number of carbonyl (C=O) groups excluding carboxylic acids is 1. The SMILES string of the molecule is C[C@H]1CNCCN1C(=O)c1ccc(S(=O)(=O)NCC2CCCO2)cc1. The molecule has 0 saturated carbocycles. The molecule has 25 heavy (non-hydrogen) atoms. The molecular formula is C17H25N3O4S. The van der Waals surface area contributed by atoms with Gasteiger partial charge in [0.2, 0.25) is 10.0 Å². The second kappa shape index (κ2) is 7.82. The lowest BCUT2D eigenvalue weighted by molar-refractivity contribution is 0.0655. The van der Waals surface area contributed by atoms with Crippen LogP contribution in [0.25, 0.3) is 0 Å². The van der Waals surface area contributed by atoms with Gasteiger partial charge in [-0.2, -0.15) is 0 Å². The van der Waals surface area contributed by atoms with Crippen LogP contribution in [-0.2, 0) is 14.8 Å². The van der Waals surface area contributed by atoms with Crippen LogP contribution in [-0.4, -0.2) is 64.2 Å². The first-order chi connectivity index (χ1) is 12.0. The van der Waals surface area contributed by atoms with Crippen molar-refractivity contribution in [2.75, 3.05) is 32.8 Å². The highest BCUT2D eigenvalue weighted by atomic mass is 32.2. The van der Waals surface area contributed by atoms with Gasteiger partial charge in [0.25, 0.3) is 5.91 Å². The molecule has 0 bridgehead atoms.